The van der Waals surface area contributed by atoms with Crippen LogP contribution in [-0.4, -0.2) is 49.7 Å². The van der Waals surface area contributed by atoms with Crippen molar-refractivity contribution in [1.82, 2.24) is 9.97 Å². The number of anilines is 1. The van der Waals surface area contributed by atoms with Gasteiger partial charge in [-0.3, -0.25) is 0 Å². The molecule has 3 rings (SSSR count). The van der Waals surface area contributed by atoms with E-state index in [1.807, 2.05) is 0 Å². The van der Waals surface area contributed by atoms with E-state index >= 15 is 0 Å². The number of ether oxygens (including phenoxy) is 1. The molecule has 20 heavy (non-hydrogen) atoms. The van der Waals surface area contributed by atoms with Crippen molar-refractivity contribution in [2.24, 2.45) is 0 Å². The lowest BCUT2D eigenvalue weighted by atomic mass is 9.89. The summed E-state index contributed by atoms with van der Waals surface area (Å²) in [5.74, 6) is 0.179. The first-order valence-electron chi connectivity index (χ1n) is 6.11. The van der Waals surface area contributed by atoms with Crippen molar-refractivity contribution in [2.45, 2.75) is 30.8 Å². The first-order chi connectivity index (χ1) is 9.46. The maximum atomic E-state index is 10.4. The zero-order chi connectivity index (χ0) is 14.5. The average Bonchev–Trinajstić information content (AvgIpc) is 2.92. The van der Waals surface area contributed by atoms with Crippen molar-refractivity contribution in [2.75, 3.05) is 12.3 Å². The van der Waals surface area contributed by atoms with Crippen molar-refractivity contribution < 1.29 is 24.5 Å². The molecule has 8 heteroatoms. The molecular formula is C12H15N3O5. The minimum absolute atomic E-state index is 0.179. The van der Waals surface area contributed by atoms with Crippen molar-refractivity contribution in [3.8, 4) is 0 Å². The van der Waals surface area contributed by atoms with Crippen LogP contribution in [0.15, 0.2) is 17.0 Å². The van der Waals surface area contributed by atoms with Crippen molar-refractivity contribution in [1.29, 1.82) is 0 Å². The number of nitrogens with zero attached hydrogens (tertiary/aromatic N) is 2. The van der Waals surface area contributed by atoms with E-state index in [9.17, 15) is 15.3 Å². The van der Waals surface area contributed by atoms with Crippen molar-refractivity contribution >= 4 is 16.9 Å². The number of hydrogen-bond acceptors (Lipinski definition) is 8. The summed E-state index contributed by atoms with van der Waals surface area (Å²) in [7, 11) is 0. The monoisotopic (exact) mass is 281 g/mol. The highest BCUT2D eigenvalue weighted by Gasteiger charge is 2.53. The number of rotatable bonds is 2. The normalized spacial score (nSPS) is 33.9. The third-order valence-corrected chi connectivity index (χ3v) is 3.66. The molecule has 2 aromatic rings. The number of fused-ring (bicyclic) bond motifs is 1. The average molecular weight is 281 g/mol. The molecule has 0 saturated carbocycles. The summed E-state index contributed by atoms with van der Waals surface area (Å²) >= 11 is 0. The summed E-state index contributed by atoms with van der Waals surface area (Å²) in [6, 6.07) is 0. The molecule has 2 aromatic heterocycles. The molecule has 0 bridgehead atoms. The number of nitrogen functional groups attached to an aromatic ring is 1. The molecule has 4 atom stereocenters. The first-order valence-corrected chi connectivity index (χ1v) is 6.11. The van der Waals surface area contributed by atoms with Gasteiger partial charge in [0.1, 0.15) is 35.8 Å². The van der Waals surface area contributed by atoms with Gasteiger partial charge in [-0.15, -0.1) is 0 Å². The van der Waals surface area contributed by atoms with Gasteiger partial charge in [-0.2, -0.15) is 0 Å². The van der Waals surface area contributed by atoms with Crippen LogP contribution in [0.4, 0.5) is 5.82 Å². The Morgan fingerprint density at radius 2 is 2.20 bits per heavy atom. The summed E-state index contributed by atoms with van der Waals surface area (Å²) in [4.78, 5) is 7.88. The molecule has 0 radical (unpaired) electrons. The van der Waals surface area contributed by atoms with Crippen LogP contribution in [0.2, 0.25) is 0 Å². The maximum absolute atomic E-state index is 10.4. The second-order valence-electron chi connectivity index (χ2n) is 5.04. The SMILES string of the molecule is C[C@]1(O)C(O)[C@@H](CO)O[C@H]1c1coc2c(N)ncnc12. The minimum Gasteiger partial charge on any atom is -0.458 e. The second-order valence-corrected chi connectivity index (χ2v) is 5.04. The van der Waals surface area contributed by atoms with Gasteiger partial charge in [0.05, 0.1) is 12.9 Å². The van der Waals surface area contributed by atoms with Crippen LogP contribution in [0, 0.1) is 0 Å². The van der Waals surface area contributed by atoms with Crippen LogP contribution in [-0.2, 0) is 4.74 Å². The standard InChI is InChI=1S/C12H15N3O5/c1-12(18)9(17)6(2-16)20-10(12)5-3-19-8-7(5)14-4-15-11(8)13/h3-4,6,9-10,16-18H,2H2,1H3,(H2,13,14,15)/t6-,9?,10+,12+/m1/s1. The van der Waals surface area contributed by atoms with E-state index < -0.39 is 30.5 Å². The smallest absolute Gasteiger partial charge is 0.194 e. The highest BCUT2D eigenvalue weighted by molar-refractivity contribution is 5.85. The van der Waals surface area contributed by atoms with Gasteiger partial charge < -0.3 is 30.2 Å². The molecule has 1 unspecified atom stereocenters. The molecule has 0 aliphatic carbocycles. The van der Waals surface area contributed by atoms with E-state index in [1.54, 1.807) is 0 Å². The molecule has 0 amide bonds. The zero-order valence-electron chi connectivity index (χ0n) is 10.7. The number of aliphatic hydroxyl groups excluding tert-OH is 2. The molecule has 5 N–H and O–H groups in total. The van der Waals surface area contributed by atoms with Gasteiger partial charge in [0.25, 0.3) is 0 Å². The Hall–Kier alpha value is -1.74. The summed E-state index contributed by atoms with van der Waals surface area (Å²) in [6.07, 6.45) is -0.340. The number of aliphatic hydroxyl groups is 3. The summed E-state index contributed by atoms with van der Waals surface area (Å²) in [5.41, 5.74) is 5.26. The Morgan fingerprint density at radius 3 is 2.85 bits per heavy atom. The van der Waals surface area contributed by atoms with E-state index in [-0.39, 0.29) is 5.82 Å². The second kappa shape index (κ2) is 4.38. The van der Waals surface area contributed by atoms with E-state index in [1.165, 1.54) is 19.5 Å². The fraction of sp³-hybridized carbons (Fsp3) is 0.500. The molecular weight excluding hydrogens is 266 g/mol. The lowest BCUT2D eigenvalue weighted by molar-refractivity contribution is -0.0643. The highest BCUT2D eigenvalue weighted by Crippen LogP contribution is 2.44. The van der Waals surface area contributed by atoms with Gasteiger partial charge in [0.2, 0.25) is 0 Å². The predicted octanol–water partition coefficient (Wildman–Crippen LogP) is -0.651. The lowest BCUT2D eigenvalue weighted by Gasteiger charge is -2.25. The van der Waals surface area contributed by atoms with E-state index in [4.69, 9.17) is 14.9 Å². The maximum Gasteiger partial charge on any atom is 0.194 e. The molecule has 0 aromatic carbocycles. The van der Waals surface area contributed by atoms with Crippen molar-refractivity contribution in [3.05, 3.63) is 18.2 Å². The highest BCUT2D eigenvalue weighted by atomic mass is 16.6. The van der Waals surface area contributed by atoms with E-state index in [0.29, 0.717) is 16.7 Å². The Bertz CT molecular complexity index is 641. The summed E-state index contributed by atoms with van der Waals surface area (Å²) < 4.78 is 10.8. The van der Waals surface area contributed by atoms with Crippen LogP contribution in [0.3, 0.4) is 0 Å². The van der Waals surface area contributed by atoms with Crippen molar-refractivity contribution in [3.63, 3.8) is 0 Å². The van der Waals surface area contributed by atoms with Gasteiger partial charge in [-0.1, -0.05) is 0 Å². The predicted molar refractivity (Wildman–Crippen MR) is 67.5 cm³/mol. The van der Waals surface area contributed by atoms with Crippen LogP contribution < -0.4 is 5.73 Å². The molecule has 8 nitrogen and oxygen atoms in total. The third-order valence-electron chi connectivity index (χ3n) is 3.66. The van der Waals surface area contributed by atoms with Gasteiger partial charge in [0, 0.05) is 5.56 Å². The lowest BCUT2D eigenvalue weighted by Crippen LogP contribution is -2.42. The summed E-state index contributed by atoms with van der Waals surface area (Å²) in [6.45, 7) is 1.03. The quantitative estimate of drug-likeness (QED) is 0.570. The third kappa shape index (κ3) is 1.70. The van der Waals surface area contributed by atoms with Crippen LogP contribution >= 0.6 is 0 Å². The zero-order valence-corrected chi connectivity index (χ0v) is 10.7. The van der Waals surface area contributed by atoms with E-state index in [2.05, 4.69) is 9.97 Å². The number of nitrogens with two attached hydrogens (primary N) is 1. The molecule has 1 aliphatic heterocycles. The number of aromatic nitrogens is 2. The molecule has 1 aliphatic rings. The molecule has 3 heterocycles. The topological polar surface area (TPSA) is 135 Å². The first kappa shape index (κ1) is 13.3. The Morgan fingerprint density at radius 1 is 1.45 bits per heavy atom. The van der Waals surface area contributed by atoms with Gasteiger partial charge in [-0.05, 0) is 6.92 Å². The minimum atomic E-state index is -1.58. The fourth-order valence-electron chi connectivity index (χ4n) is 2.52. The van der Waals surface area contributed by atoms with Gasteiger partial charge in [-0.25, -0.2) is 9.97 Å². The van der Waals surface area contributed by atoms with E-state index in [0.717, 1.165) is 0 Å². The summed E-state index contributed by atoms with van der Waals surface area (Å²) in [5, 5.41) is 29.6. The van der Waals surface area contributed by atoms with Crippen LogP contribution in [0.25, 0.3) is 11.1 Å². The molecule has 1 saturated heterocycles. The van der Waals surface area contributed by atoms with Gasteiger partial charge in [0.15, 0.2) is 11.4 Å². The number of furan rings is 1. The Kier molecular flexibility index (Phi) is 2.91. The molecule has 108 valence electrons. The Balaban J connectivity index is 2.10. The fourth-order valence-corrected chi connectivity index (χ4v) is 2.52. The van der Waals surface area contributed by atoms with Crippen LogP contribution in [0.5, 0.6) is 0 Å². The molecule has 0 spiro atoms. The van der Waals surface area contributed by atoms with Crippen LogP contribution in [0.1, 0.15) is 18.6 Å². The van der Waals surface area contributed by atoms with Gasteiger partial charge >= 0.3 is 0 Å². The largest absolute Gasteiger partial charge is 0.458 e. The Labute approximate surface area is 113 Å². The molecule has 1 fully saturated rings. The number of hydrogen-bond donors (Lipinski definition) is 4.